The summed E-state index contributed by atoms with van der Waals surface area (Å²) in [6.07, 6.45) is 8.15. The Balaban J connectivity index is 2.31. The van der Waals surface area contributed by atoms with Crippen LogP contribution in [0.5, 0.6) is 0 Å². The number of amides is 2. The van der Waals surface area contributed by atoms with E-state index in [1.54, 1.807) is 14.0 Å². The summed E-state index contributed by atoms with van der Waals surface area (Å²) in [6.45, 7) is 4.05. The van der Waals surface area contributed by atoms with Crippen molar-refractivity contribution in [1.82, 2.24) is 26.2 Å². The molecule has 32 heavy (non-hydrogen) atoms. The summed E-state index contributed by atoms with van der Waals surface area (Å²) in [5.74, 6) is -0.940. The number of hydrogen-bond acceptors (Lipinski definition) is 7. The lowest BCUT2D eigenvalue weighted by Crippen LogP contribution is -2.55. The van der Waals surface area contributed by atoms with Crippen molar-refractivity contribution in [3.8, 4) is 0 Å². The number of unbranched alkanes of at least 4 members (excludes halogenated alkanes) is 2. The lowest BCUT2D eigenvalue weighted by molar-refractivity contribution is -0.140. The van der Waals surface area contributed by atoms with Gasteiger partial charge in [0.05, 0.1) is 19.8 Å². The summed E-state index contributed by atoms with van der Waals surface area (Å²) in [5.41, 5.74) is 0. The van der Waals surface area contributed by atoms with Gasteiger partial charge in [-0.2, -0.15) is 0 Å². The molecule has 0 bridgehead atoms. The molecule has 1 saturated heterocycles. The van der Waals surface area contributed by atoms with E-state index in [0.717, 1.165) is 25.8 Å². The van der Waals surface area contributed by atoms with Gasteiger partial charge < -0.3 is 35.7 Å². The van der Waals surface area contributed by atoms with E-state index in [2.05, 4.69) is 21.3 Å². The zero-order valence-electron chi connectivity index (χ0n) is 19.4. The maximum absolute atomic E-state index is 13.7. The molecule has 4 N–H and O–H groups in total. The number of ether oxygens (including phenoxy) is 1. The van der Waals surface area contributed by atoms with E-state index < -0.39 is 12.1 Å². The fourth-order valence-corrected chi connectivity index (χ4v) is 2.92. The van der Waals surface area contributed by atoms with Crippen LogP contribution in [0.1, 0.15) is 26.2 Å². The Bertz CT molecular complexity index is 640. The standard InChI is InChI=1S/C22H38FN5O4/c1-17(21(30)26-11-13-29)28(3)22(31)20(19-16-27-19)25-12-15-32-14-9-18(23)8-6-4-5-7-10-24-2/h6,8-9,13,17,19-20,24-25,27H,4-5,7,10-12,14-16H2,1-3H3,(H,26,30)/b8-6-,18-9+. The molecule has 0 saturated carbocycles. The second-order valence-electron chi connectivity index (χ2n) is 7.65. The molecule has 0 aromatic heterocycles. The normalized spacial score (nSPS) is 17.8. The van der Waals surface area contributed by atoms with Crippen molar-refractivity contribution < 1.29 is 23.5 Å². The van der Waals surface area contributed by atoms with Crippen molar-refractivity contribution in [2.24, 2.45) is 0 Å². The molecule has 1 heterocycles. The largest absolute Gasteiger partial charge is 0.376 e. The van der Waals surface area contributed by atoms with Gasteiger partial charge in [-0.05, 0) is 51.9 Å². The summed E-state index contributed by atoms with van der Waals surface area (Å²) in [4.78, 5) is 36.6. The van der Waals surface area contributed by atoms with Gasteiger partial charge in [-0.15, -0.1) is 0 Å². The zero-order valence-corrected chi connectivity index (χ0v) is 19.4. The number of likely N-dealkylation sites (N-methyl/N-ethyl adjacent to an activating group) is 1. The lowest BCUT2D eigenvalue weighted by atomic mass is 10.1. The lowest BCUT2D eigenvalue weighted by Gasteiger charge is -2.28. The fraction of sp³-hybridized carbons (Fsp3) is 0.682. The van der Waals surface area contributed by atoms with Crippen molar-refractivity contribution in [2.75, 3.05) is 53.5 Å². The van der Waals surface area contributed by atoms with Crippen molar-refractivity contribution in [2.45, 2.75) is 44.3 Å². The van der Waals surface area contributed by atoms with Gasteiger partial charge >= 0.3 is 0 Å². The third-order valence-electron chi connectivity index (χ3n) is 5.11. The molecule has 1 aliphatic rings. The number of nitrogens with one attached hydrogen (secondary N) is 4. The number of rotatable bonds is 18. The molecule has 10 heteroatoms. The molecule has 0 aliphatic carbocycles. The molecule has 1 fully saturated rings. The molecule has 0 spiro atoms. The van der Waals surface area contributed by atoms with Crippen LogP contribution in [0.3, 0.4) is 0 Å². The predicted molar refractivity (Wildman–Crippen MR) is 122 cm³/mol. The first kappa shape index (κ1) is 27.9. The summed E-state index contributed by atoms with van der Waals surface area (Å²) in [6, 6.07) is -1.21. The van der Waals surface area contributed by atoms with Crippen molar-refractivity contribution in [1.29, 1.82) is 0 Å². The minimum atomic E-state index is -0.703. The van der Waals surface area contributed by atoms with E-state index in [0.29, 0.717) is 26.0 Å². The smallest absolute Gasteiger partial charge is 0.242 e. The first-order chi connectivity index (χ1) is 15.4. The van der Waals surface area contributed by atoms with Gasteiger partial charge in [0, 0.05) is 26.2 Å². The second kappa shape index (κ2) is 16.5. The van der Waals surface area contributed by atoms with E-state index in [4.69, 9.17) is 4.74 Å². The van der Waals surface area contributed by atoms with Crippen LogP contribution in [0.4, 0.5) is 4.39 Å². The number of carbonyl (C=O) groups is 3. The van der Waals surface area contributed by atoms with Crippen LogP contribution in [-0.2, 0) is 19.1 Å². The molecule has 182 valence electrons. The Labute approximate surface area is 190 Å². The third kappa shape index (κ3) is 11.5. The molecular formula is C22H38FN5O4. The Hall–Kier alpha value is -2.14. The van der Waals surface area contributed by atoms with Gasteiger partial charge in [-0.1, -0.05) is 6.08 Å². The molecule has 3 atom stereocenters. The van der Waals surface area contributed by atoms with E-state index in [9.17, 15) is 18.8 Å². The molecule has 1 aliphatic heterocycles. The first-order valence-electron chi connectivity index (χ1n) is 11.1. The third-order valence-corrected chi connectivity index (χ3v) is 5.11. The number of aldehydes is 1. The Morgan fingerprint density at radius 1 is 1.31 bits per heavy atom. The van der Waals surface area contributed by atoms with E-state index in [1.807, 2.05) is 13.1 Å². The fourth-order valence-electron chi connectivity index (χ4n) is 2.92. The molecule has 2 amide bonds. The molecular weight excluding hydrogens is 417 g/mol. The van der Waals surface area contributed by atoms with Crippen LogP contribution < -0.4 is 21.3 Å². The SMILES string of the molecule is CNCCCC/C=C\C(F)=C/COCCNC(C(=O)N(C)C(C)C(=O)NCC=O)C1CN1. The van der Waals surface area contributed by atoms with Crippen molar-refractivity contribution in [3.05, 3.63) is 24.1 Å². The summed E-state index contributed by atoms with van der Waals surface area (Å²) < 4.78 is 19.1. The summed E-state index contributed by atoms with van der Waals surface area (Å²) in [5, 5.41) is 11.8. The molecule has 9 nitrogen and oxygen atoms in total. The van der Waals surface area contributed by atoms with Gasteiger partial charge in [0.25, 0.3) is 0 Å². The average Bonchev–Trinajstić information content (AvgIpc) is 3.63. The van der Waals surface area contributed by atoms with Gasteiger partial charge in [0.15, 0.2) is 0 Å². The minimum absolute atomic E-state index is 0.00855. The molecule has 3 unspecified atom stereocenters. The highest BCUT2D eigenvalue weighted by Gasteiger charge is 2.38. The van der Waals surface area contributed by atoms with Crippen molar-refractivity contribution in [3.63, 3.8) is 0 Å². The topological polar surface area (TPSA) is 122 Å². The van der Waals surface area contributed by atoms with Crippen LogP contribution in [0, 0.1) is 0 Å². The van der Waals surface area contributed by atoms with Crippen LogP contribution in [0.2, 0.25) is 0 Å². The molecule has 0 radical (unpaired) electrons. The monoisotopic (exact) mass is 455 g/mol. The summed E-state index contributed by atoms with van der Waals surface area (Å²) in [7, 11) is 3.47. The highest BCUT2D eigenvalue weighted by atomic mass is 19.1. The molecule has 0 aromatic rings. The van der Waals surface area contributed by atoms with Crippen LogP contribution >= 0.6 is 0 Å². The number of allylic oxidation sites excluding steroid dienone is 3. The Morgan fingerprint density at radius 2 is 2.06 bits per heavy atom. The second-order valence-corrected chi connectivity index (χ2v) is 7.65. The van der Waals surface area contributed by atoms with E-state index in [-0.39, 0.29) is 36.8 Å². The molecule has 1 rings (SSSR count). The van der Waals surface area contributed by atoms with Gasteiger partial charge in [-0.3, -0.25) is 9.59 Å². The van der Waals surface area contributed by atoms with Crippen LogP contribution in [-0.4, -0.2) is 94.6 Å². The average molecular weight is 456 g/mol. The predicted octanol–water partition coefficient (Wildman–Crippen LogP) is -0.106. The number of carbonyl (C=O) groups excluding carboxylic acids is 3. The van der Waals surface area contributed by atoms with Crippen LogP contribution in [0.15, 0.2) is 24.1 Å². The first-order valence-corrected chi connectivity index (χ1v) is 11.1. The van der Waals surface area contributed by atoms with Gasteiger partial charge in [0.2, 0.25) is 11.8 Å². The van der Waals surface area contributed by atoms with E-state index >= 15 is 0 Å². The van der Waals surface area contributed by atoms with Crippen LogP contribution in [0.25, 0.3) is 0 Å². The summed E-state index contributed by atoms with van der Waals surface area (Å²) >= 11 is 0. The maximum atomic E-state index is 13.7. The number of nitrogens with zero attached hydrogens (tertiary/aromatic N) is 1. The molecule has 0 aromatic carbocycles. The number of hydrogen-bond donors (Lipinski definition) is 4. The van der Waals surface area contributed by atoms with Gasteiger partial charge in [-0.25, -0.2) is 4.39 Å². The highest BCUT2D eigenvalue weighted by Crippen LogP contribution is 2.10. The maximum Gasteiger partial charge on any atom is 0.242 e. The highest BCUT2D eigenvalue weighted by molar-refractivity contribution is 5.90. The Morgan fingerprint density at radius 3 is 2.72 bits per heavy atom. The quantitative estimate of drug-likeness (QED) is 0.0985. The van der Waals surface area contributed by atoms with Gasteiger partial charge in [0.1, 0.15) is 24.2 Å². The van der Waals surface area contributed by atoms with Crippen molar-refractivity contribution >= 4 is 18.1 Å². The Kier molecular flexibility index (Phi) is 14.4. The number of halogens is 1. The minimum Gasteiger partial charge on any atom is -0.376 e. The zero-order chi connectivity index (χ0) is 23.8. The van der Waals surface area contributed by atoms with E-state index in [1.165, 1.54) is 17.1 Å².